The number of thiazole rings is 1. The van der Waals surface area contributed by atoms with Crippen molar-refractivity contribution < 1.29 is 0 Å². The molecule has 0 atom stereocenters. The predicted octanol–water partition coefficient (Wildman–Crippen LogP) is 1.43. The number of nitrogens with zero attached hydrogens (tertiary/aromatic N) is 2. The molecule has 72 valence electrons. The maximum Gasteiger partial charge on any atom is 0.194 e. The number of terminal acetylenes is 1. The Morgan fingerprint density at radius 1 is 1.71 bits per heavy atom. The highest BCUT2D eigenvalue weighted by molar-refractivity contribution is 7.15. The molecule has 0 radical (unpaired) electrons. The Hall–Kier alpha value is -1.31. The van der Waals surface area contributed by atoms with Gasteiger partial charge in [0.05, 0.1) is 17.9 Å². The van der Waals surface area contributed by atoms with Gasteiger partial charge in [-0.1, -0.05) is 5.92 Å². The first-order valence-electron chi connectivity index (χ1n) is 4.38. The van der Waals surface area contributed by atoms with Gasteiger partial charge >= 0.3 is 0 Å². The number of aromatic nitrogens is 2. The number of aryl methyl sites for hydroxylation is 1. The topological polar surface area (TPSA) is 29.3 Å². The minimum Gasteiger partial charge on any atom is -0.301 e. The Morgan fingerprint density at radius 3 is 3.36 bits per heavy atom. The molecule has 0 aliphatic carbocycles. The van der Waals surface area contributed by atoms with E-state index in [-0.39, 0.29) is 0 Å². The van der Waals surface area contributed by atoms with E-state index in [2.05, 4.69) is 20.6 Å². The van der Waals surface area contributed by atoms with Gasteiger partial charge in [-0.15, -0.1) is 17.8 Å². The van der Waals surface area contributed by atoms with E-state index in [0.29, 0.717) is 6.54 Å². The maximum absolute atomic E-state index is 5.17. The average molecular weight is 205 g/mol. The third-order valence-corrected chi connectivity index (χ3v) is 2.84. The van der Waals surface area contributed by atoms with Gasteiger partial charge in [0, 0.05) is 18.1 Å². The summed E-state index contributed by atoms with van der Waals surface area (Å²) in [6.45, 7) is 3.39. The highest BCUT2D eigenvalue weighted by atomic mass is 32.1. The standard InChI is InChI=1S/C10H11N3S/c1-3-4-11-7-9-8(2)12-10-13(9)5-6-14-10/h1,5-6,11H,4,7H2,2H3. The molecule has 0 amide bonds. The summed E-state index contributed by atoms with van der Waals surface area (Å²) in [5, 5.41) is 5.20. The van der Waals surface area contributed by atoms with Crippen molar-refractivity contribution >= 4 is 16.3 Å². The summed E-state index contributed by atoms with van der Waals surface area (Å²) in [7, 11) is 0. The van der Waals surface area contributed by atoms with Gasteiger partial charge in [0.25, 0.3) is 0 Å². The number of fused-ring (bicyclic) bond motifs is 1. The second-order valence-corrected chi connectivity index (χ2v) is 3.88. The number of imidazole rings is 1. The van der Waals surface area contributed by atoms with Crippen LogP contribution in [0.15, 0.2) is 11.6 Å². The Labute approximate surface area is 86.8 Å². The zero-order valence-corrected chi connectivity index (χ0v) is 8.77. The second kappa shape index (κ2) is 3.82. The minimum absolute atomic E-state index is 0.594. The lowest BCUT2D eigenvalue weighted by molar-refractivity contribution is 0.738. The summed E-state index contributed by atoms with van der Waals surface area (Å²) in [6.07, 6.45) is 7.20. The minimum atomic E-state index is 0.594. The molecule has 0 saturated carbocycles. The molecule has 0 aliphatic rings. The Morgan fingerprint density at radius 2 is 2.57 bits per heavy atom. The van der Waals surface area contributed by atoms with Crippen LogP contribution in [0.25, 0.3) is 4.96 Å². The molecular weight excluding hydrogens is 194 g/mol. The molecule has 1 N–H and O–H groups in total. The fraction of sp³-hybridized carbons (Fsp3) is 0.300. The summed E-state index contributed by atoms with van der Waals surface area (Å²) < 4.78 is 2.10. The zero-order valence-electron chi connectivity index (χ0n) is 7.95. The van der Waals surface area contributed by atoms with E-state index in [0.717, 1.165) is 17.2 Å². The molecule has 0 saturated heterocycles. The van der Waals surface area contributed by atoms with Crippen LogP contribution >= 0.6 is 11.3 Å². The highest BCUT2D eigenvalue weighted by Gasteiger charge is 2.07. The Balaban J connectivity index is 2.26. The molecule has 4 heteroatoms. The van der Waals surface area contributed by atoms with E-state index in [1.807, 2.05) is 18.5 Å². The highest BCUT2D eigenvalue weighted by Crippen LogP contribution is 2.16. The van der Waals surface area contributed by atoms with Crippen LogP contribution in [0.5, 0.6) is 0 Å². The van der Waals surface area contributed by atoms with E-state index in [1.54, 1.807) is 11.3 Å². The first kappa shape index (κ1) is 9.25. The summed E-state index contributed by atoms with van der Waals surface area (Å²) in [4.78, 5) is 5.48. The van der Waals surface area contributed by atoms with Crippen LogP contribution < -0.4 is 5.32 Å². The van der Waals surface area contributed by atoms with Gasteiger partial charge in [0.1, 0.15) is 0 Å². The van der Waals surface area contributed by atoms with Gasteiger partial charge in [-0.25, -0.2) is 4.98 Å². The third kappa shape index (κ3) is 1.52. The quantitative estimate of drug-likeness (QED) is 0.606. The lowest BCUT2D eigenvalue weighted by atomic mass is 10.3. The van der Waals surface area contributed by atoms with Crippen molar-refractivity contribution in [1.29, 1.82) is 0 Å². The lowest BCUT2D eigenvalue weighted by Gasteiger charge is -2.00. The second-order valence-electron chi connectivity index (χ2n) is 3.01. The molecule has 2 heterocycles. The SMILES string of the molecule is C#CCNCc1c(C)nc2sccn12. The molecule has 2 aromatic rings. The van der Waals surface area contributed by atoms with Crippen LogP contribution in [0.3, 0.4) is 0 Å². The van der Waals surface area contributed by atoms with E-state index >= 15 is 0 Å². The molecule has 0 fully saturated rings. The summed E-state index contributed by atoms with van der Waals surface area (Å²) in [5.74, 6) is 2.55. The van der Waals surface area contributed by atoms with Crippen molar-refractivity contribution in [1.82, 2.24) is 14.7 Å². The fourth-order valence-electron chi connectivity index (χ4n) is 1.41. The molecule has 0 aromatic carbocycles. The molecule has 3 nitrogen and oxygen atoms in total. The smallest absolute Gasteiger partial charge is 0.194 e. The molecule has 2 rings (SSSR count). The Bertz CT molecular complexity index is 475. The zero-order chi connectivity index (χ0) is 9.97. The predicted molar refractivity (Wildman–Crippen MR) is 58.3 cm³/mol. The van der Waals surface area contributed by atoms with E-state index < -0.39 is 0 Å². The van der Waals surface area contributed by atoms with Crippen LogP contribution in [-0.2, 0) is 6.54 Å². The number of nitrogens with one attached hydrogen (secondary N) is 1. The van der Waals surface area contributed by atoms with Crippen molar-refractivity contribution in [3.63, 3.8) is 0 Å². The lowest BCUT2D eigenvalue weighted by Crippen LogP contribution is -2.14. The van der Waals surface area contributed by atoms with Gasteiger partial charge < -0.3 is 5.32 Å². The monoisotopic (exact) mass is 205 g/mol. The van der Waals surface area contributed by atoms with Crippen LogP contribution in [-0.4, -0.2) is 15.9 Å². The van der Waals surface area contributed by atoms with Gasteiger partial charge in [0.15, 0.2) is 4.96 Å². The maximum atomic E-state index is 5.17. The van der Waals surface area contributed by atoms with Gasteiger partial charge in [-0.3, -0.25) is 4.40 Å². The van der Waals surface area contributed by atoms with Crippen molar-refractivity contribution in [3.8, 4) is 12.3 Å². The van der Waals surface area contributed by atoms with Crippen LogP contribution in [0, 0.1) is 19.3 Å². The average Bonchev–Trinajstić information content (AvgIpc) is 2.69. The van der Waals surface area contributed by atoms with Crippen LogP contribution in [0.2, 0.25) is 0 Å². The number of rotatable bonds is 3. The number of hydrogen-bond acceptors (Lipinski definition) is 3. The normalized spacial score (nSPS) is 10.6. The van der Waals surface area contributed by atoms with Crippen molar-refractivity contribution in [2.24, 2.45) is 0 Å². The van der Waals surface area contributed by atoms with Crippen LogP contribution in [0.4, 0.5) is 0 Å². The van der Waals surface area contributed by atoms with Crippen LogP contribution in [0.1, 0.15) is 11.4 Å². The van der Waals surface area contributed by atoms with Crippen molar-refractivity contribution in [2.75, 3.05) is 6.54 Å². The summed E-state index contributed by atoms with van der Waals surface area (Å²) >= 11 is 1.65. The first-order valence-corrected chi connectivity index (χ1v) is 5.26. The first-order chi connectivity index (χ1) is 6.83. The number of hydrogen-bond donors (Lipinski definition) is 1. The van der Waals surface area contributed by atoms with E-state index in [1.165, 1.54) is 5.69 Å². The molecular formula is C10H11N3S. The molecule has 14 heavy (non-hydrogen) atoms. The molecule has 0 unspecified atom stereocenters. The third-order valence-electron chi connectivity index (χ3n) is 2.08. The molecule has 0 aliphatic heterocycles. The molecule has 2 aromatic heterocycles. The fourth-order valence-corrected chi connectivity index (χ4v) is 2.19. The molecule has 0 spiro atoms. The van der Waals surface area contributed by atoms with Crippen molar-refractivity contribution in [3.05, 3.63) is 23.0 Å². The van der Waals surface area contributed by atoms with E-state index in [4.69, 9.17) is 6.42 Å². The van der Waals surface area contributed by atoms with E-state index in [9.17, 15) is 0 Å². The Kier molecular flexibility index (Phi) is 2.53. The van der Waals surface area contributed by atoms with Gasteiger partial charge in [-0.05, 0) is 6.92 Å². The van der Waals surface area contributed by atoms with Gasteiger partial charge in [0.2, 0.25) is 0 Å². The van der Waals surface area contributed by atoms with Gasteiger partial charge in [-0.2, -0.15) is 0 Å². The summed E-state index contributed by atoms with van der Waals surface area (Å²) in [5.41, 5.74) is 2.26. The van der Waals surface area contributed by atoms with Crippen molar-refractivity contribution in [2.45, 2.75) is 13.5 Å². The largest absolute Gasteiger partial charge is 0.301 e. The molecule has 0 bridgehead atoms. The summed E-state index contributed by atoms with van der Waals surface area (Å²) in [6, 6.07) is 0.